The van der Waals surface area contributed by atoms with E-state index in [9.17, 15) is 0 Å². The average Bonchev–Trinajstić information content (AvgIpc) is 2.45. The molecule has 3 N–H and O–H groups in total. The summed E-state index contributed by atoms with van der Waals surface area (Å²) in [5, 5.41) is 15.7. The third-order valence-corrected chi connectivity index (χ3v) is 3.31. The molecular weight excluding hydrogens is 250 g/mol. The van der Waals surface area contributed by atoms with Crippen molar-refractivity contribution >= 4 is 5.69 Å². The van der Waals surface area contributed by atoms with Gasteiger partial charge in [0.25, 0.3) is 0 Å². The minimum absolute atomic E-state index is 0.275. The Labute approximate surface area is 123 Å². The smallest absolute Gasteiger partial charge is 0.0636 e. The molecule has 1 aromatic carbocycles. The molecule has 0 aliphatic heterocycles. The van der Waals surface area contributed by atoms with Gasteiger partial charge in [-0.15, -0.1) is 0 Å². The first-order chi connectivity index (χ1) is 9.67. The molecule has 114 valence electrons. The first-order valence-electron chi connectivity index (χ1n) is 7.60. The van der Waals surface area contributed by atoms with Crippen LogP contribution in [0.5, 0.6) is 0 Å². The summed E-state index contributed by atoms with van der Waals surface area (Å²) < 4.78 is 0. The molecule has 0 radical (unpaired) electrons. The number of benzene rings is 1. The van der Waals surface area contributed by atoms with E-state index in [1.807, 2.05) is 0 Å². The molecule has 20 heavy (non-hydrogen) atoms. The first kappa shape index (κ1) is 17.0. The Bertz CT molecular complexity index is 347. The maximum atomic E-state index is 9.11. The molecule has 0 unspecified atom stereocenters. The summed E-state index contributed by atoms with van der Waals surface area (Å²) in [6.07, 6.45) is -0.275. The number of aliphatic hydroxyl groups is 1. The summed E-state index contributed by atoms with van der Waals surface area (Å²) in [5.41, 5.74) is 2.59. The highest BCUT2D eigenvalue weighted by Crippen LogP contribution is 2.14. The number of nitrogens with one attached hydrogen (secondary N) is 2. The minimum atomic E-state index is -0.275. The second-order valence-electron chi connectivity index (χ2n) is 5.07. The molecule has 0 aliphatic rings. The molecule has 0 aliphatic carbocycles. The second-order valence-corrected chi connectivity index (χ2v) is 5.07. The van der Waals surface area contributed by atoms with Gasteiger partial charge in [-0.3, -0.25) is 0 Å². The van der Waals surface area contributed by atoms with Crippen molar-refractivity contribution in [2.75, 3.05) is 37.6 Å². The van der Waals surface area contributed by atoms with E-state index in [1.54, 1.807) is 6.92 Å². The number of anilines is 1. The average molecular weight is 279 g/mol. The molecule has 0 saturated heterocycles. The van der Waals surface area contributed by atoms with Gasteiger partial charge < -0.3 is 20.6 Å². The maximum Gasteiger partial charge on any atom is 0.0636 e. The van der Waals surface area contributed by atoms with Crippen molar-refractivity contribution in [1.29, 1.82) is 0 Å². The Morgan fingerprint density at radius 2 is 1.65 bits per heavy atom. The van der Waals surface area contributed by atoms with E-state index in [2.05, 4.69) is 53.6 Å². The van der Waals surface area contributed by atoms with E-state index in [0.717, 1.165) is 32.7 Å². The van der Waals surface area contributed by atoms with Gasteiger partial charge in [0.15, 0.2) is 0 Å². The summed E-state index contributed by atoms with van der Waals surface area (Å²) in [7, 11) is 0. The lowest BCUT2D eigenvalue weighted by atomic mass is 10.2. The van der Waals surface area contributed by atoms with Gasteiger partial charge in [0.05, 0.1) is 6.10 Å². The van der Waals surface area contributed by atoms with Crippen molar-refractivity contribution < 1.29 is 5.11 Å². The zero-order valence-electron chi connectivity index (χ0n) is 13.0. The quantitative estimate of drug-likeness (QED) is 0.569. The van der Waals surface area contributed by atoms with Gasteiger partial charge in [0, 0.05) is 45.0 Å². The van der Waals surface area contributed by atoms with Crippen LogP contribution in [0.2, 0.25) is 0 Å². The monoisotopic (exact) mass is 279 g/mol. The van der Waals surface area contributed by atoms with E-state index in [0.29, 0.717) is 6.54 Å². The van der Waals surface area contributed by atoms with Crippen LogP contribution < -0.4 is 15.5 Å². The summed E-state index contributed by atoms with van der Waals surface area (Å²) in [6.45, 7) is 11.6. The van der Waals surface area contributed by atoms with E-state index < -0.39 is 0 Å². The third-order valence-electron chi connectivity index (χ3n) is 3.31. The first-order valence-corrected chi connectivity index (χ1v) is 7.60. The Morgan fingerprint density at radius 3 is 2.20 bits per heavy atom. The van der Waals surface area contributed by atoms with Gasteiger partial charge >= 0.3 is 0 Å². The molecule has 0 amide bonds. The largest absolute Gasteiger partial charge is 0.392 e. The van der Waals surface area contributed by atoms with Gasteiger partial charge in [-0.25, -0.2) is 0 Å². The van der Waals surface area contributed by atoms with Crippen molar-refractivity contribution in [3.8, 4) is 0 Å². The Balaban J connectivity index is 2.24. The SMILES string of the molecule is CCN(CC)c1ccc(CNCCNC[C@@H](C)O)cc1. The molecule has 0 spiro atoms. The molecule has 0 saturated carbocycles. The topological polar surface area (TPSA) is 47.5 Å². The molecule has 1 aromatic rings. The summed E-state index contributed by atoms with van der Waals surface area (Å²) in [5.74, 6) is 0. The van der Waals surface area contributed by atoms with Crippen LogP contribution in [0.4, 0.5) is 5.69 Å². The van der Waals surface area contributed by atoms with E-state index in [4.69, 9.17) is 5.11 Å². The van der Waals surface area contributed by atoms with Crippen LogP contribution in [-0.4, -0.2) is 43.9 Å². The van der Waals surface area contributed by atoms with E-state index >= 15 is 0 Å². The fraction of sp³-hybridized carbons (Fsp3) is 0.625. The molecule has 1 rings (SSSR count). The molecule has 4 nitrogen and oxygen atoms in total. The molecule has 0 bridgehead atoms. The minimum Gasteiger partial charge on any atom is -0.392 e. The number of nitrogens with zero attached hydrogens (tertiary/aromatic N) is 1. The Morgan fingerprint density at radius 1 is 1.05 bits per heavy atom. The summed E-state index contributed by atoms with van der Waals surface area (Å²) >= 11 is 0. The zero-order valence-corrected chi connectivity index (χ0v) is 13.0. The summed E-state index contributed by atoms with van der Waals surface area (Å²) in [4.78, 5) is 2.34. The highest BCUT2D eigenvalue weighted by atomic mass is 16.3. The highest BCUT2D eigenvalue weighted by molar-refractivity contribution is 5.47. The molecule has 0 aromatic heterocycles. The fourth-order valence-electron chi connectivity index (χ4n) is 2.13. The maximum absolute atomic E-state index is 9.11. The molecule has 4 heteroatoms. The van der Waals surface area contributed by atoms with Crippen molar-refractivity contribution in [1.82, 2.24) is 10.6 Å². The molecule has 1 atom stereocenters. The lowest BCUT2D eigenvalue weighted by Crippen LogP contribution is -2.31. The highest BCUT2D eigenvalue weighted by Gasteiger charge is 2.01. The van der Waals surface area contributed by atoms with Crippen LogP contribution in [0.3, 0.4) is 0 Å². The fourth-order valence-corrected chi connectivity index (χ4v) is 2.13. The van der Waals surface area contributed by atoms with E-state index in [1.165, 1.54) is 11.3 Å². The number of rotatable bonds is 10. The van der Waals surface area contributed by atoms with Crippen LogP contribution >= 0.6 is 0 Å². The van der Waals surface area contributed by atoms with Gasteiger partial charge in [-0.05, 0) is 38.5 Å². The van der Waals surface area contributed by atoms with Gasteiger partial charge in [-0.1, -0.05) is 12.1 Å². The van der Waals surface area contributed by atoms with E-state index in [-0.39, 0.29) is 6.10 Å². The molecule has 0 fully saturated rings. The van der Waals surface area contributed by atoms with Gasteiger partial charge in [-0.2, -0.15) is 0 Å². The lowest BCUT2D eigenvalue weighted by Gasteiger charge is -2.21. The van der Waals surface area contributed by atoms with Crippen molar-refractivity contribution in [2.45, 2.75) is 33.4 Å². The lowest BCUT2D eigenvalue weighted by molar-refractivity contribution is 0.191. The van der Waals surface area contributed by atoms with Crippen molar-refractivity contribution in [3.63, 3.8) is 0 Å². The third kappa shape index (κ3) is 6.37. The number of hydrogen-bond donors (Lipinski definition) is 3. The summed E-state index contributed by atoms with van der Waals surface area (Å²) in [6, 6.07) is 8.75. The Hall–Kier alpha value is -1.10. The normalized spacial score (nSPS) is 12.4. The predicted octanol–water partition coefficient (Wildman–Crippen LogP) is 1.59. The van der Waals surface area contributed by atoms with Crippen LogP contribution in [0.1, 0.15) is 26.3 Å². The predicted molar refractivity (Wildman–Crippen MR) is 86.3 cm³/mol. The molecular formula is C16H29N3O. The number of hydrogen-bond acceptors (Lipinski definition) is 4. The van der Waals surface area contributed by atoms with Crippen LogP contribution in [0.15, 0.2) is 24.3 Å². The van der Waals surface area contributed by atoms with Gasteiger partial charge in [0.2, 0.25) is 0 Å². The van der Waals surface area contributed by atoms with Crippen molar-refractivity contribution in [2.24, 2.45) is 0 Å². The van der Waals surface area contributed by atoms with Crippen LogP contribution in [0, 0.1) is 0 Å². The number of aliphatic hydroxyl groups excluding tert-OH is 1. The van der Waals surface area contributed by atoms with Crippen LogP contribution in [0.25, 0.3) is 0 Å². The zero-order chi connectivity index (χ0) is 14.8. The van der Waals surface area contributed by atoms with Crippen molar-refractivity contribution in [3.05, 3.63) is 29.8 Å². The van der Waals surface area contributed by atoms with Crippen LogP contribution in [-0.2, 0) is 6.54 Å². The molecule has 0 heterocycles. The van der Waals surface area contributed by atoms with Gasteiger partial charge in [0.1, 0.15) is 0 Å². The second kappa shape index (κ2) is 9.75. The Kier molecular flexibility index (Phi) is 8.26. The standard InChI is InChI=1S/C16H29N3O/c1-4-19(5-2)16-8-6-15(7-9-16)13-18-11-10-17-12-14(3)20/h6-9,14,17-18,20H,4-5,10-13H2,1-3H3/t14-/m1/s1.